The molecule has 0 spiro atoms. The number of aromatic nitrogens is 1. The Hall–Kier alpha value is -1.35. The molecule has 1 N–H and O–H groups in total. The summed E-state index contributed by atoms with van der Waals surface area (Å²) >= 11 is 1.83. The molecule has 0 aliphatic carbocycles. The third-order valence-electron chi connectivity index (χ3n) is 2.84. The second kappa shape index (κ2) is 4.26. The summed E-state index contributed by atoms with van der Waals surface area (Å²) in [4.78, 5) is 6.10. The van der Waals surface area contributed by atoms with E-state index in [1.165, 1.54) is 29.7 Å². The Morgan fingerprint density at radius 2 is 2.00 bits per heavy atom. The maximum atomic E-state index is 4.69. The summed E-state index contributed by atoms with van der Waals surface area (Å²) in [5, 5.41) is 4.55. The van der Waals surface area contributed by atoms with E-state index in [4.69, 9.17) is 0 Å². The third-order valence-corrected chi connectivity index (χ3v) is 4.01. The lowest BCUT2D eigenvalue weighted by molar-refractivity contribution is 0.790. The molecule has 0 saturated carbocycles. The molecule has 1 aliphatic rings. The number of nitrogens with one attached hydrogen (secondary N) is 1. The van der Waals surface area contributed by atoms with Crippen LogP contribution in [0.15, 0.2) is 30.3 Å². The van der Waals surface area contributed by atoms with Gasteiger partial charge < -0.3 is 5.32 Å². The summed E-state index contributed by atoms with van der Waals surface area (Å²) in [6, 6.07) is 10.4. The molecule has 0 bridgehead atoms. The Bertz CT molecular complexity index is 452. The van der Waals surface area contributed by atoms with Crippen molar-refractivity contribution in [3.63, 3.8) is 0 Å². The van der Waals surface area contributed by atoms with Crippen LogP contribution in [0.5, 0.6) is 0 Å². The highest BCUT2D eigenvalue weighted by Crippen LogP contribution is 2.33. The van der Waals surface area contributed by atoms with Crippen molar-refractivity contribution < 1.29 is 0 Å². The highest BCUT2D eigenvalue weighted by Gasteiger charge is 2.14. The maximum Gasteiger partial charge on any atom is 0.140 e. The SMILES string of the molecule is c1ccc(-c2nc3c(s2)CCCCN3)cc1. The topological polar surface area (TPSA) is 24.9 Å². The number of anilines is 1. The average molecular weight is 230 g/mol. The Morgan fingerprint density at radius 1 is 1.12 bits per heavy atom. The fourth-order valence-corrected chi connectivity index (χ4v) is 3.07. The third kappa shape index (κ3) is 1.83. The summed E-state index contributed by atoms with van der Waals surface area (Å²) in [5.74, 6) is 1.11. The van der Waals surface area contributed by atoms with E-state index in [0.717, 1.165) is 17.4 Å². The van der Waals surface area contributed by atoms with Crippen LogP contribution in [0, 0.1) is 0 Å². The molecule has 0 radical (unpaired) electrons. The van der Waals surface area contributed by atoms with Crippen molar-refractivity contribution in [2.24, 2.45) is 0 Å². The standard InChI is InChI=1S/C13H14N2S/c1-2-6-10(7-3-1)13-15-12-11(16-13)8-4-5-9-14-12/h1-3,6-7,14H,4-5,8-9H2. The van der Waals surface area contributed by atoms with Crippen LogP contribution in [-0.2, 0) is 6.42 Å². The van der Waals surface area contributed by atoms with E-state index in [1.807, 2.05) is 17.4 Å². The Kier molecular flexibility index (Phi) is 2.62. The molecule has 82 valence electrons. The first-order chi connectivity index (χ1) is 7.93. The van der Waals surface area contributed by atoms with Crippen LogP contribution in [0.4, 0.5) is 5.82 Å². The van der Waals surface area contributed by atoms with Gasteiger partial charge in [-0.15, -0.1) is 11.3 Å². The molecule has 1 aromatic heterocycles. The Labute approximate surface area is 99.4 Å². The quantitative estimate of drug-likeness (QED) is 0.810. The maximum absolute atomic E-state index is 4.69. The molecule has 0 fully saturated rings. The molecule has 0 amide bonds. The summed E-state index contributed by atoms with van der Waals surface area (Å²) < 4.78 is 0. The predicted octanol–water partition coefficient (Wildman–Crippen LogP) is 3.56. The average Bonchev–Trinajstić information content (AvgIpc) is 2.62. The van der Waals surface area contributed by atoms with Crippen LogP contribution in [-0.4, -0.2) is 11.5 Å². The van der Waals surface area contributed by atoms with E-state index >= 15 is 0 Å². The van der Waals surface area contributed by atoms with Gasteiger partial charge in [-0.2, -0.15) is 0 Å². The molecule has 2 aromatic rings. The van der Waals surface area contributed by atoms with Gasteiger partial charge in [0, 0.05) is 17.0 Å². The monoisotopic (exact) mass is 230 g/mol. The van der Waals surface area contributed by atoms with E-state index in [0.29, 0.717) is 0 Å². The predicted molar refractivity (Wildman–Crippen MR) is 69.0 cm³/mol. The molecule has 2 heterocycles. The van der Waals surface area contributed by atoms with Crippen molar-refractivity contribution in [3.8, 4) is 10.6 Å². The smallest absolute Gasteiger partial charge is 0.140 e. The fourth-order valence-electron chi connectivity index (χ4n) is 1.98. The van der Waals surface area contributed by atoms with Crippen LogP contribution < -0.4 is 5.32 Å². The van der Waals surface area contributed by atoms with Crippen molar-refractivity contribution in [2.75, 3.05) is 11.9 Å². The molecule has 0 atom stereocenters. The summed E-state index contributed by atoms with van der Waals surface area (Å²) in [6.07, 6.45) is 3.70. The zero-order valence-corrected chi connectivity index (χ0v) is 9.89. The molecule has 1 aromatic carbocycles. The van der Waals surface area contributed by atoms with E-state index in [1.54, 1.807) is 0 Å². The second-order valence-corrected chi connectivity index (χ2v) is 5.12. The first-order valence-electron chi connectivity index (χ1n) is 5.72. The molecule has 2 nitrogen and oxygen atoms in total. The zero-order chi connectivity index (χ0) is 10.8. The van der Waals surface area contributed by atoms with Gasteiger partial charge in [0.2, 0.25) is 0 Å². The van der Waals surface area contributed by atoms with Crippen molar-refractivity contribution in [1.29, 1.82) is 0 Å². The van der Waals surface area contributed by atoms with Crippen molar-refractivity contribution >= 4 is 17.2 Å². The second-order valence-electron chi connectivity index (χ2n) is 4.04. The highest BCUT2D eigenvalue weighted by atomic mass is 32.1. The van der Waals surface area contributed by atoms with E-state index in [-0.39, 0.29) is 0 Å². The first kappa shape index (κ1) is 9.85. The molecule has 0 saturated heterocycles. The van der Waals surface area contributed by atoms with Crippen LogP contribution in [0.25, 0.3) is 10.6 Å². The van der Waals surface area contributed by atoms with Gasteiger partial charge in [0.25, 0.3) is 0 Å². The summed E-state index contributed by atoms with van der Waals surface area (Å²) in [5.41, 5.74) is 1.22. The lowest BCUT2D eigenvalue weighted by atomic mass is 10.2. The van der Waals surface area contributed by atoms with Gasteiger partial charge in [0.15, 0.2) is 0 Å². The number of fused-ring (bicyclic) bond motifs is 1. The number of nitrogens with zero attached hydrogens (tertiary/aromatic N) is 1. The van der Waals surface area contributed by atoms with Crippen LogP contribution >= 0.6 is 11.3 Å². The number of benzene rings is 1. The minimum absolute atomic E-state index is 1.06. The number of hydrogen-bond acceptors (Lipinski definition) is 3. The van der Waals surface area contributed by atoms with Crippen molar-refractivity contribution in [1.82, 2.24) is 4.98 Å². The number of rotatable bonds is 1. The highest BCUT2D eigenvalue weighted by molar-refractivity contribution is 7.15. The number of thiazole rings is 1. The largest absolute Gasteiger partial charge is 0.369 e. The fraction of sp³-hybridized carbons (Fsp3) is 0.308. The molecule has 3 rings (SSSR count). The van der Waals surface area contributed by atoms with Gasteiger partial charge >= 0.3 is 0 Å². The number of hydrogen-bond donors (Lipinski definition) is 1. The molecule has 16 heavy (non-hydrogen) atoms. The Balaban J connectivity index is 1.98. The lowest BCUT2D eigenvalue weighted by Crippen LogP contribution is -1.99. The lowest BCUT2D eigenvalue weighted by Gasteiger charge is -1.98. The minimum atomic E-state index is 1.06. The van der Waals surface area contributed by atoms with Crippen LogP contribution in [0.3, 0.4) is 0 Å². The number of aryl methyl sites for hydroxylation is 1. The van der Waals surface area contributed by atoms with Crippen LogP contribution in [0.1, 0.15) is 17.7 Å². The molecular weight excluding hydrogens is 216 g/mol. The van der Waals surface area contributed by atoms with E-state index in [9.17, 15) is 0 Å². The Morgan fingerprint density at radius 3 is 2.88 bits per heavy atom. The van der Waals surface area contributed by atoms with Crippen molar-refractivity contribution in [3.05, 3.63) is 35.2 Å². The zero-order valence-electron chi connectivity index (χ0n) is 9.07. The molecule has 3 heteroatoms. The van der Waals surface area contributed by atoms with Crippen LogP contribution in [0.2, 0.25) is 0 Å². The molecule has 0 unspecified atom stereocenters. The van der Waals surface area contributed by atoms with Gasteiger partial charge in [-0.05, 0) is 19.3 Å². The molecule has 1 aliphatic heterocycles. The normalized spacial score (nSPS) is 15.0. The summed E-state index contributed by atoms with van der Waals surface area (Å²) in [7, 11) is 0. The summed E-state index contributed by atoms with van der Waals surface area (Å²) in [6.45, 7) is 1.06. The van der Waals surface area contributed by atoms with E-state index < -0.39 is 0 Å². The minimum Gasteiger partial charge on any atom is -0.369 e. The van der Waals surface area contributed by atoms with Gasteiger partial charge in [-0.1, -0.05) is 30.3 Å². The van der Waals surface area contributed by atoms with Gasteiger partial charge in [-0.3, -0.25) is 0 Å². The van der Waals surface area contributed by atoms with Crippen molar-refractivity contribution in [2.45, 2.75) is 19.3 Å². The van der Waals surface area contributed by atoms with Gasteiger partial charge in [0.1, 0.15) is 10.8 Å². The van der Waals surface area contributed by atoms with Gasteiger partial charge in [0.05, 0.1) is 0 Å². The van der Waals surface area contributed by atoms with Gasteiger partial charge in [-0.25, -0.2) is 4.98 Å². The first-order valence-corrected chi connectivity index (χ1v) is 6.54. The van der Waals surface area contributed by atoms with E-state index in [2.05, 4.69) is 34.6 Å². The molecular formula is C13H14N2S.